The number of carboxylic acids is 1. The number of carbonyl (C=O) groups is 1. The van der Waals surface area contributed by atoms with Gasteiger partial charge in [-0.25, -0.2) is 4.79 Å². The van der Waals surface area contributed by atoms with E-state index in [1.54, 1.807) is 24.5 Å². The number of anilines is 1. The van der Waals surface area contributed by atoms with Crippen LogP contribution in [0.25, 0.3) is 0 Å². The number of aromatic carboxylic acids is 1. The normalized spacial score (nSPS) is 14.3. The minimum absolute atomic E-state index is 0.305. The number of fused-ring (bicyclic) bond motifs is 1. The van der Waals surface area contributed by atoms with Gasteiger partial charge in [-0.15, -0.1) is 10.2 Å². The number of hydrogen-bond donors (Lipinski definition) is 1. The maximum absolute atomic E-state index is 10.9. The molecule has 1 aromatic heterocycles. The van der Waals surface area contributed by atoms with Crippen LogP contribution in [0, 0.1) is 0 Å². The summed E-state index contributed by atoms with van der Waals surface area (Å²) in [6.45, 7) is 2.30. The van der Waals surface area contributed by atoms with Crippen LogP contribution in [-0.4, -0.2) is 32.4 Å². The molecule has 0 atom stereocenters. The van der Waals surface area contributed by atoms with Crippen molar-refractivity contribution in [2.24, 2.45) is 0 Å². The summed E-state index contributed by atoms with van der Waals surface area (Å²) < 4.78 is 2.01. The van der Waals surface area contributed by atoms with Gasteiger partial charge in [-0.3, -0.25) is 0 Å². The van der Waals surface area contributed by atoms with Crippen LogP contribution < -0.4 is 4.90 Å². The molecule has 2 heterocycles. The molecule has 0 aliphatic carbocycles. The molecule has 18 heavy (non-hydrogen) atoms. The van der Waals surface area contributed by atoms with Crippen LogP contribution in [0.4, 0.5) is 5.69 Å². The Morgan fingerprint density at radius 3 is 3.06 bits per heavy atom. The Morgan fingerprint density at radius 2 is 2.22 bits per heavy atom. The molecule has 0 amide bonds. The number of carboxylic acid groups (broad SMARTS) is 1. The Bertz CT molecular complexity index is 593. The quantitative estimate of drug-likeness (QED) is 0.853. The summed E-state index contributed by atoms with van der Waals surface area (Å²) >= 11 is 0. The molecule has 92 valence electrons. The lowest BCUT2D eigenvalue weighted by atomic mass is 10.2. The van der Waals surface area contributed by atoms with Gasteiger partial charge in [0.25, 0.3) is 0 Å². The average molecular weight is 244 g/mol. The van der Waals surface area contributed by atoms with E-state index in [2.05, 4.69) is 15.1 Å². The van der Waals surface area contributed by atoms with Crippen LogP contribution in [-0.2, 0) is 13.1 Å². The summed E-state index contributed by atoms with van der Waals surface area (Å²) in [5.74, 6) is -0.000922. The molecule has 0 saturated carbocycles. The minimum atomic E-state index is -0.906. The summed E-state index contributed by atoms with van der Waals surface area (Å²) in [5, 5.41) is 16.9. The molecule has 1 aromatic carbocycles. The van der Waals surface area contributed by atoms with Crippen LogP contribution in [0.5, 0.6) is 0 Å². The number of aromatic nitrogens is 3. The second-order valence-corrected chi connectivity index (χ2v) is 4.22. The van der Waals surface area contributed by atoms with E-state index in [-0.39, 0.29) is 0 Å². The average Bonchev–Trinajstić information content (AvgIpc) is 2.86. The first-order valence-electron chi connectivity index (χ1n) is 5.69. The van der Waals surface area contributed by atoms with Crippen LogP contribution in [0.1, 0.15) is 16.2 Å². The maximum atomic E-state index is 10.9. The summed E-state index contributed by atoms with van der Waals surface area (Å²) in [6.07, 6.45) is 1.72. The van der Waals surface area contributed by atoms with Crippen LogP contribution in [0.15, 0.2) is 30.6 Å². The molecule has 6 heteroatoms. The highest BCUT2D eigenvalue weighted by Gasteiger charge is 2.18. The second kappa shape index (κ2) is 4.14. The van der Waals surface area contributed by atoms with Crippen molar-refractivity contribution in [3.8, 4) is 0 Å². The molecule has 0 bridgehead atoms. The molecule has 1 aliphatic rings. The van der Waals surface area contributed by atoms with Crippen LogP contribution >= 0.6 is 0 Å². The Hall–Kier alpha value is -2.37. The van der Waals surface area contributed by atoms with Crippen molar-refractivity contribution in [1.29, 1.82) is 0 Å². The van der Waals surface area contributed by atoms with Gasteiger partial charge in [-0.05, 0) is 18.2 Å². The zero-order valence-corrected chi connectivity index (χ0v) is 9.65. The predicted octanol–water partition coefficient (Wildman–Crippen LogP) is 0.996. The van der Waals surface area contributed by atoms with Crippen LogP contribution in [0.3, 0.4) is 0 Å². The molecule has 0 unspecified atom stereocenters. The van der Waals surface area contributed by atoms with Crippen molar-refractivity contribution in [2.75, 3.05) is 11.4 Å². The molecular weight excluding hydrogens is 232 g/mol. The van der Waals surface area contributed by atoms with Gasteiger partial charge in [0.2, 0.25) is 0 Å². The Kier molecular flexibility index (Phi) is 2.47. The van der Waals surface area contributed by atoms with Crippen molar-refractivity contribution in [2.45, 2.75) is 13.1 Å². The highest BCUT2D eigenvalue weighted by Crippen LogP contribution is 2.20. The van der Waals surface area contributed by atoms with Crippen LogP contribution in [0.2, 0.25) is 0 Å². The van der Waals surface area contributed by atoms with E-state index in [4.69, 9.17) is 5.11 Å². The minimum Gasteiger partial charge on any atom is -0.478 e. The molecule has 1 aliphatic heterocycles. The van der Waals surface area contributed by atoms with Gasteiger partial charge in [0.15, 0.2) is 5.82 Å². The van der Waals surface area contributed by atoms with Crippen molar-refractivity contribution in [3.05, 3.63) is 42.0 Å². The fourth-order valence-electron chi connectivity index (χ4n) is 2.12. The van der Waals surface area contributed by atoms with Gasteiger partial charge in [0.05, 0.1) is 12.1 Å². The third kappa shape index (κ3) is 1.81. The van der Waals surface area contributed by atoms with Crippen molar-refractivity contribution >= 4 is 11.7 Å². The number of rotatable bonds is 2. The first kappa shape index (κ1) is 10.8. The largest absolute Gasteiger partial charge is 0.478 e. The molecule has 6 nitrogen and oxygen atoms in total. The van der Waals surface area contributed by atoms with E-state index >= 15 is 0 Å². The fraction of sp³-hybridized carbons (Fsp3) is 0.250. The number of nitrogens with zero attached hydrogens (tertiary/aromatic N) is 4. The summed E-state index contributed by atoms with van der Waals surface area (Å²) in [6, 6.07) is 6.96. The monoisotopic (exact) mass is 244 g/mol. The highest BCUT2D eigenvalue weighted by atomic mass is 16.4. The molecule has 0 radical (unpaired) electrons. The van der Waals surface area contributed by atoms with Crippen molar-refractivity contribution < 1.29 is 9.90 Å². The molecular formula is C12H12N4O2. The van der Waals surface area contributed by atoms with E-state index in [1.165, 1.54) is 0 Å². The molecule has 1 N–H and O–H groups in total. The van der Waals surface area contributed by atoms with E-state index < -0.39 is 5.97 Å². The first-order valence-corrected chi connectivity index (χ1v) is 5.69. The molecule has 0 spiro atoms. The zero-order valence-electron chi connectivity index (χ0n) is 9.65. The Balaban J connectivity index is 1.88. The topological polar surface area (TPSA) is 71.2 Å². The van der Waals surface area contributed by atoms with Gasteiger partial charge in [-0.1, -0.05) is 6.07 Å². The molecule has 0 saturated heterocycles. The van der Waals surface area contributed by atoms with E-state index in [0.29, 0.717) is 12.1 Å². The first-order chi connectivity index (χ1) is 8.74. The van der Waals surface area contributed by atoms with Gasteiger partial charge < -0.3 is 14.6 Å². The smallest absolute Gasteiger partial charge is 0.335 e. The molecule has 2 aromatic rings. The summed E-state index contributed by atoms with van der Waals surface area (Å²) in [7, 11) is 0. The Morgan fingerprint density at radius 1 is 1.33 bits per heavy atom. The van der Waals surface area contributed by atoms with Gasteiger partial charge in [-0.2, -0.15) is 0 Å². The third-order valence-electron chi connectivity index (χ3n) is 3.10. The standard InChI is InChI=1S/C12H12N4O2/c17-12(18)9-2-1-3-10(6-9)15-4-5-16-8-13-14-11(16)7-15/h1-3,6,8H,4-5,7H2,(H,17,18). The van der Waals surface area contributed by atoms with E-state index in [1.807, 2.05) is 10.6 Å². The number of benzene rings is 1. The van der Waals surface area contributed by atoms with Gasteiger partial charge >= 0.3 is 5.97 Å². The summed E-state index contributed by atoms with van der Waals surface area (Å²) in [4.78, 5) is 13.1. The van der Waals surface area contributed by atoms with E-state index in [0.717, 1.165) is 24.6 Å². The van der Waals surface area contributed by atoms with Gasteiger partial charge in [0.1, 0.15) is 6.33 Å². The summed E-state index contributed by atoms with van der Waals surface area (Å²) in [5.41, 5.74) is 1.21. The number of hydrogen-bond acceptors (Lipinski definition) is 4. The highest BCUT2D eigenvalue weighted by molar-refractivity contribution is 5.88. The maximum Gasteiger partial charge on any atom is 0.335 e. The van der Waals surface area contributed by atoms with Gasteiger partial charge in [0, 0.05) is 18.8 Å². The lowest BCUT2D eigenvalue weighted by Gasteiger charge is -2.29. The fourth-order valence-corrected chi connectivity index (χ4v) is 2.12. The second-order valence-electron chi connectivity index (χ2n) is 4.22. The SMILES string of the molecule is O=C(O)c1cccc(N2CCn3cnnc3C2)c1. The molecule has 3 rings (SSSR count). The van der Waals surface area contributed by atoms with E-state index in [9.17, 15) is 4.79 Å². The Labute approximate surface area is 103 Å². The predicted molar refractivity (Wildman–Crippen MR) is 64.5 cm³/mol. The van der Waals surface area contributed by atoms with Crippen molar-refractivity contribution in [1.82, 2.24) is 14.8 Å². The lowest BCUT2D eigenvalue weighted by Crippen LogP contribution is -2.33. The zero-order chi connectivity index (χ0) is 12.5. The molecule has 0 fully saturated rings. The lowest BCUT2D eigenvalue weighted by molar-refractivity contribution is 0.0697. The third-order valence-corrected chi connectivity index (χ3v) is 3.10. The van der Waals surface area contributed by atoms with Crippen molar-refractivity contribution in [3.63, 3.8) is 0 Å².